The number of halogens is 2. The van der Waals surface area contributed by atoms with E-state index in [2.05, 4.69) is 24.5 Å². The Labute approximate surface area is 214 Å². The lowest BCUT2D eigenvalue weighted by Crippen LogP contribution is -2.24. The third kappa shape index (κ3) is 4.89. The number of Topliss-reactive ketones (excluding diaryl/α,β-unsaturated/α-hetero) is 1. The highest BCUT2D eigenvalue weighted by molar-refractivity contribution is 7.16. The van der Waals surface area contributed by atoms with E-state index in [1.54, 1.807) is 11.4 Å². The van der Waals surface area contributed by atoms with Crippen molar-refractivity contribution in [3.05, 3.63) is 91.0 Å². The van der Waals surface area contributed by atoms with Crippen LogP contribution < -0.4 is 10.9 Å². The molecule has 0 atom stereocenters. The molecule has 10 nitrogen and oxygen atoms in total. The molecule has 5 aromatic heterocycles. The third-order valence-electron chi connectivity index (χ3n) is 5.08. The van der Waals surface area contributed by atoms with Crippen molar-refractivity contribution >= 4 is 52.0 Å². The Kier molecular flexibility index (Phi) is 6.59. The predicted molar refractivity (Wildman–Crippen MR) is 131 cm³/mol. The van der Waals surface area contributed by atoms with Gasteiger partial charge in [0, 0.05) is 34.2 Å². The van der Waals surface area contributed by atoms with Gasteiger partial charge in [-0.3, -0.25) is 14.4 Å². The molecule has 14 heteroatoms. The molecule has 5 aromatic rings. The molecule has 0 aliphatic rings. The van der Waals surface area contributed by atoms with E-state index in [0.717, 1.165) is 44.2 Å². The summed E-state index contributed by atoms with van der Waals surface area (Å²) in [6.07, 6.45) is 4.69. The van der Waals surface area contributed by atoms with E-state index in [9.17, 15) is 14.4 Å². The van der Waals surface area contributed by atoms with Crippen LogP contribution in [0.25, 0.3) is 11.3 Å². The molecule has 0 bridgehead atoms. The molecule has 36 heavy (non-hydrogen) atoms. The van der Waals surface area contributed by atoms with Gasteiger partial charge in [0.15, 0.2) is 5.78 Å². The average Bonchev–Trinajstić information content (AvgIpc) is 3.67. The molecule has 5 heterocycles. The number of nitrogens with one attached hydrogen (secondary N) is 1. The Morgan fingerprint density at radius 3 is 2.75 bits per heavy atom. The van der Waals surface area contributed by atoms with Crippen LogP contribution in [-0.4, -0.2) is 35.6 Å². The summed E-state index contributed by atoms with van der Waals surface area (Å²) < 4.78 is 26.3. The molecular formula is C22H14ClFN6O4S2. The topological polar surface area (TPSA) is 125 Å². The number of aromatic nitrogens is 5. The zero-order valence-electron chi connectivity index (χ0n) is 18.1. The van der Waals surface area contributed by atoms with Crippen LogP contribution in [0.15, 0.2) is 63.8 Å². The van der Waals surface area contributed by atoms with Crippen molar-refractivity contribution in [2.45, 2.75) is 13.1 Å². The molecule has 0 aliphatic heterocycles. The second-order valence-corrected chi connectivity index (χ2v) is 9.90. The van der Waals surface area contributed by atoms with Gasteiger partial charge in [-0.15, -0.1) is 11.3 Å². The van der Waals surface area contributed by atoms with Crippen LogP contribution in [0.1, 0.15) is 25.6 Å². The molecule has 0 aliphatic carbocycles. The first-order chi connectivity index (χ1) is 17.4. The molecule has 0 amide bonds. The largest absolute Gasteiger partial charge is 0.365 e. The molecule has 0 aromatic carbocycles. The molecule has 0 fully saturated rings. The highest BCUT2D eigenvalue weighted by atomic mass is 35.5. The van der Waals surface area contributed by atoms with Gasteiger partial charge < -0.3 is 14.4 Å². The Balaban J connectivity index is 1.47. The minimum Gasteiger partial charge on any atom is -0.365 e. The highest BCUT2D eigenvalue weighted by Gasteiger charge is 2.21. The second-order valence-electron chi connectivity index (χ2n) is 7.44. The maximum Gasteiger partial charge on any atom is 0.282 e. The Morgan fingerprint density at radius 2 is 2.06 bits per heavy atom. The van der Waals surface area contributed by atoms with Gasteiger partial charge >= 0.3 is 0 Å². The minimum atomic E-state index is -0.793. The molecule has 0 unspecified atom stereocenters. The standard InChI is InChI=1S/C22H14ClFN6O4S2/c23-19-2-1-14(36-19)7-25-20-4-17(28-30(20)22(33)13-6-27-35-11-13)15-3-21(32)29(8-16(15)24)9-18(31)12-5-26-34-10-12/h1-6,8,10-11,25H,7,9H2. The van der Waals surface area contributed by atoms with Gasteiger partial charge in [0.25, 0.3) is 11.5 Å². The van der Waals surface area contributed by atoms with Crippen LogP contribution in [-0.2, 0) is 13.1 Å². The Hall–Kier alpha value is -3.94. The lowest BCUT2D eigenvalue weighted by atomic mass is 10.2. The van der Waals surface area contributed by atoms with Crippen LogP contribution in [0.5, 0.6) is 0 Å². The summed E-state index contributed by atoms with van der Waals surface area (Å²) >= 11 is 8.47. The van der Waals surface area contributed by atoms with Crippen molar-refractivity contribution in [2.75, 3.05) is 5.32 Å². The molecule has 0 radical (unpaired) electrons. The van der Waals surface area contributed by atoms with E-state index in [4.69, 9.17) is 11.6 Å². The number of hydrogen-bond acceptors (Lipinski definition) is 10. The normalized spacial score (nSPS) is 11.1. The monoisotopic (exact) mass is 544 g/mol. The first kappa shape index (κ1) is 23.8. The van der Waals surface area contributed by atoms with E-state index in [0.29, 0.717) is 16.4 Å². The smallest absolute Gasteiger partial charge is 0.282 e. The molecule has 0 spiro atoms. The number of rotatable bonds is 8. The summed E-state index contributed by atoms with van der Waals surface area (Å²) in [6.45, 7) is -0.0573. The number of carbonyl (C=O) groups is 2. The second kappa shape index (κ2) is 9.97. The lowest BCUT2D eigenvalue weighted by Gasteiger charge is -2.07. The minimum absolute atomic E-state index is 0.0605. The first-order valence-electron chi connectivity index (χ1n) is 10.2. The van der Waals surface area contributed by atoms with Gasteiger partial charge in [-0.1, -0.05) is 16.8 Å². The summed E-state index contributed by atoms with van der Waals surface area (Å²) in [7, 11) is 0. The SMILES string of the molecule is O=C(Cn1cc(F)c(-c2cc(NCc3ccc(Cl)s3)n(C(=O)c3cnsc3)n2)cc1=O)c1cnoc1. The van der Waals surface area contributed by atoms with Gasteiger partial charge in [0.2, 0.25) is 0 Å². The molecule has 182 valence electrons. The van der Waals surface area contributed by atoms with E-state index < -0.39 is 29.6 Å². The van der Waals surface area contributed by atoms with E-state index in [1.165, 1.54) is 29.8 Å². The molecule has 0 saturated heterocycles. The summed E-state index contributed by atoms with van der Waals surface area (Å²) in [5.41, 5.74) is -0.215. The molecule has 5 rings (SSSR count). The number of carbonyl (C=O) groups excluding carboxylic acids is 2. The van der Waals surface area contributed by atoms with Crippen LogP contribution in [0.4, 0.5) is 10.2 Å². The molecule has 0 saturated carbocycles. The fourth-order valence-corrected chi connectivity index (χ4v) is 4.84. The zero-order chi connectivity index (χ0) is 25.2. The van der Waals surface area contributed by atoms with Crippen molar-refractivity contribution in [1.29, 1.82) is 0 Å². The Morgan fingerprint density at radius 1 is 1.19 bits per heavy atom. The maximum atomic E-state index is 15.1. The maximum absolute atomic E-state index is 15.1. The average molecular weight is 545 g/mol. The quantitative estimate of drug-likeness (QED) is 0.288. The van der Waals surface area contributed by atoms with Gasteiger partial charge in [-0.25, -0.2) is 8.76 Å². The first-order valence-corrected chi connectivity index (χ1v) is 12.3. The Bertz CT molecular complexity index is 1610. The van der Waals surface area contributed by atoms with Crippen molar-refractivity contribution < 1.29 is 18.5 Å². The van der Waals surface area contributed by atoms with Crippen molar-refractivity contribution in [3.8, 4) is 11.3 Å². The van der Waals surface area contributed by atoms with Gasteiger partial charge in [0.05, 0.1) is 46.6 Å². The van der Waals surface area contributed by atoms with Crippen LogP contribution in [0.2, 0.25) is 4.34 Å². The predicted octanol–water partition coefficient (Wildman–Crippen LogP) is 4.19. The summed E-state index contributed by atoms with van der Waals surface area (Å²) in [4.78, 5) is 38.9. The van der Waals surface area contributed by atoms with E-state index in [-0.39, 0.29) is 22.6 Å². The van der Waals surface area contributed by atoms with Gasteiger partial charge in [-0.2, -0.15) is 9.78 Å². The number of thiophene rings is 1. The van der Waals surface area contributed by atoms with Crippen LogP contribution in [0, 0.1) is 5.82 Å². The summed E-state index contributed by atoms with van der Waals surface area (Å²) in [5, 5.41) is 12.4. The zero-order valence-corrected chi connectivity index (χ0v) is 20.4. The van der Waals surface area contributed by atoms with Crippen molar-refractivity contribution in [1.82, 2.24) is 23.9 Å². The van der Waals surface area contributed by atoms with E-state index >= 15 is 4.39 Å². The molecular weight excluding hydrogens is 531 g/mol. The van der Waals surface area contributed by atoms with Gasteiger partial charge in [-0.05, 0) is 23.7 Å². The fraction of sp³-hybridized carbons (Fsp3) is 0.0909. The lowest BCUT2D eigenvalue weighted by molar-refractivity contribution is 0.0945. The van der Waals surface area contributed by atoms with Crippen LogP contribution in [0.3, 0.4) is 0 Å². The third-order valence-corrected chi connectivity index (χ3v) is 6.89. The number of ketones is 1. The number of pyridine rings is 1. The van der Waals surface area contributed by atoms with Crippen molar-refractivity contribution in [3.63, 3.8) is 0 Å². The van der Waals surface area contributed by atoms with Crippen molar-refractivity contribution in [2.24, 2.45) is 0 Å². The highest BCUT2D eigenvalue weighted by Crippen LogP contribution is 2.26. The van der Waals surface area contributed by atoms with Crippen LogP contribution >= 0.6 is 34.5 Å². The van der Waals surface area contributed by atoms with Gasteiger partial charge in [0.1, 0.15) is 17.9 Å². The summed E-state index contributed by atoms with van der Waals surface area (Å²) in [5.74, 6) is -1.45. The fourth-order valence-electron chi connectivity index (χ4n) is 3.30. The number of hydrogen-bond donors (Lipinski definition) is 1. The number of nitrogens with zero attached hydrogens (tertiary/aromatic N) is 5. The number of anilines is 1. The molecule has 1 N–H and O–H groups in total. The van der Waals surface area contributed by atoms with E-state index in [1.807, 2.05) is 6.07 Å². The summed E-state index contributed by atoms with van der Waals surface area (Å²) in [6, 6.07) is 6.10.